The molecule has 3 aliphatic rings. The quantitative estimate of drug-likeness (QED) is 0.0155. The number of hydrogen-bond donors (Lipinski definition) is 3. The Bertz CT molecular complexity index is 3980. The Morgan fingerprint density at radius 1 is 0.387 bits per heavy atom. The second-order valence-corrected chi connectivity index (χ2v) is 39.5. The predicted octanol–water partition coefficient (Wildman–Crippen LogP) is 16.9. The molecule has 0 spiro atoms. The summed E-state index contributed by atoms with van der Waals surface area (Å²) in [6.45, 7) is 23.7. The number of nitrogens with one attached hydrogen (secondary N) is 3. The first kappa shape index (κ1) is 122. The number of esters is 3. The molecule has 3 saturated heterocycles. The molecule has 142 heavy (non-hydrogen) atoms. The van der Waals surface area contributed by atoms with Crippen molar-refractivity contribution in [2.75, 3.05) is 120 Å². The van der Waals surface area contributed by atoms with E-state index in [4.69, 9.17) is 80.1 Å². The molecule has 3 aliphatic heterocycles. The van der Waals surface area contributed by atoms with E-state index in [2.05, 4.69) is 78.3 Å². The van der Waals surface area contributed by atoms with E-state index in [1.54, 1.807) is 14.2 Å². The molecule has 0 aromatic heterocycles. The number of unbranched alkanes of at least 4 members (excludes halogenated alkanes) is 8. The van der Waals surface area contributed by atoms with Crippen molar-refractivity contribution in [2.24, 2.45) is 53.3 Å². The van der Waals surface area contributed by atoms with Gasteiger partial charge in [0.2, 0.25) is 17.7 Å². The van der Waals surface area contributed by atoms with E-state index in [1.807, 2.05) is 84.9 Å². The van der Waals surface area contributed by atoms with Crippen molar-refractivity contribution >= 4 is 72.8 Å². The molecule has 34 heteroatoms. The first-order valence-electron chi connectivity index (χ1n) is 51.7. The van der Waals surface area contributed by atoms with E-state index >= 15 is 0 Å². The van der Waals surface area contributed by atoms with Crippen LogP contribution in [0.25, 0.3) is 0 Å². The smallest absolute Gasteiger partial charge is 0.497 e. The third-order valence-corrected chi connectivity index (χ3v) is 28.6. The lowest BCUT2D eigenvalue weighted by Crippen LogP contribution is -2.58. The molecule has 3 heterocycles. The molecule has 17 atom stereocenters. The van der Waals surface area contributed by atoms with E-state index in [-0.39, 0.29) is 268 Å². The summed E-state index contributed by atoms with van der Waals surface area (Å²) in [5.74, 6) is 0.743. The highest BCUT2D eigenvalue weighted by Crippen LogP contribution is 2.44. The first-order valence-corrected chi connectivity index (χ1v) is 52.8. The Hall–Kier alpha value is -8.46. The molecule has 3 aromatic rings. The summed E-state index contributed by atoms with van der Waals surface area (Å²) in [5.41, 5.74) is -0.432. The molecule has 0 saturated carbocycles. The average molecular weight is 2020 g/mol. The molecule has 796 valence electrons. The van der Waals surface area contributed by atoms with Gasteiger partial charge in [0.25, 0.3) is 0 Å². The van der Waals surface area contributed by atoms with E-state index < -0.39 is 56.2 Å². The van der Waals surface area contributed by atoms with Gasteiger partial charge in [-0.2, -0.15) is 5.26 Å². The Morgan fingerprint density at radius 3 is 1.13 bits per heavy atom. The zero-order valence-electron chi connectivity index (χ0n) is 87.0. The summed E-state index contributed by atoms with van der Waals surface area (Å²) in [4.78, 5) is 143. The van der Waals surface area contributed by atoms with Crippen molar-refractivity contribution in [2.45, 2.75) is 330 Å². The van der Waals surface area contributed by atoms with Crippen LogP contribution in [0, 0.1) is 64.6 Å². The number of carbonyl (C=O) groups is 11. The highest BCUT2D eigenvalue weighted by molar-refractivity contribution is 7.33. The minimum absolute atomic E-state index is 0.0152. The maximum atomic E-state index is 14.6. The summed E-state index contributed by atoms with van der Waals surface area (Å²) < 4.78 is 115. The van der Waals surface area contributed by atoms with Gasteiger partial charge in [-0.25, -0.2) is 0 Å². The highest BCUT2D eigenvalue weighted by atomic mass is 31.1. The molecule has 6 rings (SSSR count). The number of nitriles is 1. The van der Waals surface area contributed by atoms with Crippen molar-refractivity contribution in [3.05, 3.63) is 95.6 Å². The topological polar surface area (TPSA) is 422 Å². The van der Waals surface area contributed by atoms with E-state index in [1.165, 1.54) is 20.8 Å². The van der Waals surface area contributed by atoms with Gasteiger partial charge in [0.05, 0.1) is 91.3 Å². The molecule has 8 unspecified atom stereocenters. The standard InChI is InChI=1S/C108H165N4O29P/c1-75-78(4)98(69-133-84(10)113)138-104(81(75)7)130-60-29-25-41-90(116)36-20-16-22-38-93(119)54-64-127-72-107(73-128-65-55-94(120)39-23-17-21-37-91(117)42-26-30-61-131-105-82(8)76(2)79(5)99(139-105)70-134-85(11)114,74-129-66-57-102(122)110-59-28-24-40-92(118)43-27-31-62-132-106-83(9)77(3)80(6)100(140-106)71-135-86(12)115)112-103(123)45-32-44-101(121)111-68-97(141-142(124)137-63-33-58-109)56-67-136-108(87-34-18-15-19-35-87,88-46-50-95(125-13)51-47-88)89-48-52-96(126-14)53-49-89/h15,18-19,34-35,46-53,75-83,97-100,104-106H,16-17,20-33,36-45,54-57,59-74H2,1-14H3,(H2-,110,111,112,121,122,123)/p+1/t75-,76-,77-,78+,79+,80+,81?,82?,83?,97?,98?,99?,100?,104+,105+,106+,107?/m0/s1. The molecule has 3 fully saturated rings. The Labute approximate surface area is 843 Å². The number of amides is 3. The molecule has 0 radical (unpaired) electrons. The van der Waals surface area contributed by atoms with Crippen LogP contribution >= 0.6 is 8.25 Å². The fourth-order valence-electron chi connectivity index (χ4n) is 17.7. The summed E-state index contributed by atoms with van der Waals surface area (Å²) in [7, 11) is 0.367. The molecular formula is C108H166N4O29P+. The summed E-state index contributed by atoms with van der Waals surface area (Å²) in [5, 5.41) is 18.1. The van der Waals surface area contributed by atoms with Crippen LogP contribution in [0.4, 0.5) is 0 Å². The van der Waals surface area contributed by atoms with Gasteiger partial charge in [0, 0.05) is 166 Å². The average Bonchev–Trinajstić information content (AvgIpc) is 0.751. The molecule has 33 nitrogen and oxygen atoms in total. The number of ether oxygens (including phenoxy) is 15. The predicted molar refractivity (Wildman–Crippen MR) is 531 cm³/mol. The Morgan fingerprint density at radius 2 is 0.746 bits per heavy atom. The molecule has 3 aromatic carbocycles. The van der Waals surface area contributed by atoms with Gasteiger partial charge in [-0.05, 0) is 160 Å². The summed E-state index contributed by atoms with van der Waals surface area (Å²) in [6.07, 6.45) is 7.88. The normalized spacial score (nSPS) is 21.9. The maximum absolute atomic E-state index is 14.6. The Kier molecular flexibility index (Phi) is 59.2. The number of hydrogen-bond acceptors (Lipinski definition) is 30. The van der Waals surface area contributed by atoms with E-state index in [0.29, 0.717) is 166 Å². The highest BCUT2D eigenvalue weighted by Gasteiger charge is 2.45. The van der Waals surface area contributed by atoms with Gasteiger partial charge in [-0.15, -0.1) is 9.05 Å². The van der Waals surface area contributed by atoms with Crippen LogP contribution in [0.2, 0.25) is 0 Å². The van der Waals surface area contributed by atoms with Gasteiger partial charge >= 0.3 is 26.2 Å². The maximum Gasteiger partial charge on any atom is 0.697 e. The van der Waals surface area contributed by atoms with Crippen molar-refractivity contribution in [1.29, 1.82) is 5.26 Å². The zero-order chi connectivity index (χ0) is 104. The molecule has 3 N–H and O–H groups in total. The number of rotatable bonds is 77. The van der Waals surface area contributed by atoms with E-state index in [0.717, 1.165) is 16.7 Å². The summed E-state index contributed by atoms with van der Waals surface area (Å²) >= 11 is 0. The number of ketones is 5. The van der Waals surface area contributed by atoms with Crippen LogP contribution < -0.4 is 25.4 Å². The number of methoxy groups -OCH3 is 2. The van der Waals surface area contributed by atoms with Crippen LogP contribution in [0.5, 0.6) is 11.5 Å². The Balaban J connectivity index is 1.08. The van der Waals surface area contributed by atoms with Crippen molar-refractivity contribution in [3.63, 3.8) is 0 Å². The molecular weight excluding hydrogens is 1850 g/mol. The lowest BCUT2D eigenvalue weighted by molar-refractivity contribution is -0.255. The minimum atomic E-state index is -2.79. The monoisotopic (exact) mass is 2010 g/mol. The van der Waals surface area contributed by atoms with Gasteiger partial charge in [-0.3, -0.25) is 52.7 Å². The van der Waals surface area contributed by atoms with Crippen molar-refractivity contribution < 1.29 is 137 Å². The van der Waals surface area contributed by atoms with Gasteiger partial charge in [0.1, 0.15) is 84.1 Å². The number of carbonyl (C=O) groups excluding carboxylic acids is 11. The number of nitrogens with zero attached hydrogens (tertiary/aromatic N) is 1. The van der Waals surface area contributed by atoms with Crippen molar-refractivity contribution in [3.8, 4) is 17.6 Å². The number of benzene rings is 3. The lowest BCUT2D eigenvalue weighted by atomic mass is 9.79. The van der Waals surface area contributed by atoms with Crippen LogP contribution in [-0.2, 0) is 134 Å². The molecule has 0 aliphatic carbocycles. The summed E-state index contributed by atoms with van der Waals surface area (Å²) in [6, 6.07) is 26.5. The third-order valence-electron chi connectivity index (χ3n) is 27.7. The van der Waals surface area contributed by atoms with Crippen LogP contribution in [0.3, 0.4) is 0 Å². The van der Waals surface area contributed by atoms with Gasteiger partial charge in [0.15, 0.2) is 18.9 Å². The lowest BCUT2D eigenvalue weighted by Gasteiger charge is -2.43. The SMILES string of the molecule is COc1ccc(C(OCCC(CNC(=O)CCCC(=O)NC(COCCC(=O)CCCCCC(=O)CCCCO[C@@H]2OC(COC(C)=O)[C@H](C)[C@H](C)C2C)(COCCC(=O)CCCCCC(=O)CCCCO[C@@H]2OC(COC(C)=O)[C@H](C)[C@H](C)C2C)COCCC(=O)NCCCCC(=O)CCCCO[C@@H]2OC(COC(C)=O)[C@H](C)[C@H](C)C2C)O[P+](=O)OCCC#N)(c2ccccc2)c2ccc(OC)cc2)cc1. The third kappa shape index (κ3) is 46.1. The van der Waals surface area contributed by atoms with Crippen LogP contribution in [0.1, 0.15) is 292 Å². The minimum Gasteiger partial charge on any atom is -0.497 e. The number of Topliss-reactive ketones (excluding diaryl/α,β-unsaturated/α-hetero) is 5. The second kappa shape index (κ2) is 68.8. The molecule has 0 bridgehead atoms. The fourth-order valence-corrected chi connectivity index (χ4v) is 18.4. The van der Waals surface area contributed by atoms with Crippen LogP contribution in [0.15, 0.2) is 78.9 Å². The van der Waals surface area contributed by atoms with Crippen molar-refractivity contribution in [1.82, 2.24) is 16.0 Å². The first-order chi connectivity index (χ1) is 68.2. The second-order valence-electron chi connectivity index (χ2n) is 38.6. The zero-order valence-corrected chi connectivity index (χ0v) is 87.9. The fraction of sp³-hybridized carbons (Fsp3) is 0.722. The van der Waals surface area contributed by atoms with Gasteiger partial charge in [-0.1, -0.05) is 130 Å². The largest absolute Gasteiger partial charge is 0.697 e. The van der Waals surface area contributed by atoms with Gasteiger partial charge < -0.3 is 87.0 Å². The van der Waals surface area contributed by atoms with E-state index in [9.17, 15) is 62.6 Å². The van der Waals surface area contributed by atoms with Crippen LogP contribution in [-0.4, -0.2) is 233 Å². The molecule has 3 amide bonds.